The van der Waals surface area contributed by atoms with Gasteiger partial charge in [0, 0.05) is 27.1 Å². The molecule has 80 valence electrons. The first-order chi connectivity index (χ1) is 7.20. The second kappa shape index (κ2) is 4.37. The summed E-state index contributed by atoms with van der Waals surface area (Å²) in [6, 6.07) is 8.87. The lowest BCUT2D eigenvalue weighted by Gasteiger charge is -2.09. The summed E-state index contributed by atoms with van der Waals surface area (Å²) in [4.78, 5) is 3.42. The van der Waals surface area contributed by atoms with Crippen LogP contribution in [0.25, 0.3) is 10.9 Å². The number of hydrogen-bond acceptors (Lipinski definition) is 1. The van der Waals surface area contributed by atoms with Crippen molar-refractivity contribution in [1.82, 2.24) is 10.3 Å². The highest BCUT2D eigenvalue weighted by molar-refractivity contribution is 9.10. The smallest absolute Gasteiger partial charge is 0.0457 e. The van der Waals surface area contributed by atoms with E-state index in [0.29, 0.717) is 6.04 Å². The van der Waals surface area contributed by atoms with Crippen molar-refractivity contribution in [1.29, 1.82) is 0 Å². The molecule has 15 heavy (non-hydrogen) atoms. The van der Waals surface area contributed by atoms with Crippen molar-refractivity contribution in [3.8, 4) is 0 Å². The minimum atomic E-state index is 0.376. The number of aromatic amines is 1. The van der Waals surface area contributed by atoms with Crippen LogP contribution < -0.4 is 5.32 Å². The number of H-pyrrole nitrogens is 1. The molecule has 2 N–H and O–H groups in total. The van der Waals surface area contributed by atoms with Crippen LogP contribution in [-0.2, 0) is 0 Å². The molecule has 0 spiro atoms. The lowest BCUT2D eigenvalue weighted by atomic mass is 10.2. The molecule has 0 radical (unpaired) electrons. The number of halogens is 1. The van der Waals surface area contributed by atoms with Crippen molar-refractivity contribution >= 4 is 26.8 Å². The zero-order valence-corrected chi connectivity index (χ0v) is 10.6. The molecule has 2 nitrogen and oxygen atoms in total. The fourth-order valence-electron chi connectivity index (χ4n) is 1.78. The van der Waals surface area contributed by atoms with E-state index in [1.165, 1.54) is 16.6 Å². The standard InChI is InChI=1S/C12H15BrN2/c1-3-14-8(2)12-7-9-6-10(13)4-5-11(9)15-12/h4-8,14-15H,3H2,1-2H3. The number of hydrogen-bond donors (Lipinski definition) is 2. The van der Waals surface area contributed by atoms with Gasteiger partial charge in [0.25, 0.3) is 0 Å². The van der Waals surface area contributed by atoms with Crippen LogP contribution in [0.2, 0.25) is 0 Å². The molecule has 0 saturated heterocycles. The lowest BCUT2D eigenvalue weighted by molar-refractivity contribution is 0.587. The Bertz CT molecular complexity index is 462. The van der Waals surface area contributed by atoms with Gasteiger partial charge in [0.2, 0.25) is 0 Å². The van der Waals surface area contributed by atoms with Crippen molar-refractivity contribution in [3.63, 3.8) is 0 Å². The largest absolute Gasteiger partial charge is 0.357 e. The van der Waals surface area contributed by atoms with Crippen LogP contribution in [0.5, 0.6) is 0 Å². The van der Waals surface area contributed by atoms with Crippen LogP contribution in [0, 0.1) is 0 Å². The monoisotopic (exact) mass is 266 g/mol. The van der Waals surface area contributed by atoms with Crippen molar-refractivity contribution in [2.45, 2.75) is 19.9 Å². The maximum atomic E-state index is 3.48. The van der Waals surface area contributed by atoms with E-state index in [1.807, 2.05) is 0 Å². The van der Waals surface area contributed by atoms with Crippen LogP contribution in [0.1, 0.15) is 25.6 Å². The average molecular weight is 267 g/mol. The fraction of sp³-hybridized carbons (Fsp3) is 0.333. The number of nitrogens with one attached hydrogen (secondary N) is 2. The summed E-state index contributed by atoms with van der Waals surface area (Å²) in [5, 5.41) is 4.65. The van der Waals surface area contributed by atoms with E-state index in [9.17, 15) is 0 Å². The molecule has 0 bridgehead atoms. The summed E-state index contributed by atoms with van der Waals surface area (Å²) < 4.78 is 1.12. The Morgan fingerprint density at radius 3 is 2.93 bits per heavy atom. The highest BCUT2D eigenvalue weighted by atomic mass is 79.9. The second-order valence-electron chi connectivity index (χ2n) is 3.74. The zero-order valence-electron chi connectivity index (χ0n) is 8.97. The molecular weight excluding hydrogens is 252 g/mol. The van der Waals surface area contributed by atoms with Gasteiger partial charge in [-0.3, -0.25) is 0 Å². The molecular formula is C12H15BrN2. The molecule has 3 heteroatoms. The molecule has 0 aliphatic rings. The summed E-state index contributed by atoms with van der Waals surface area (Å²) in [6.07, 6.45) is 0. The molecule has 1 aromatic carbocycles. The van der Waals surface area contributed by atoms with Gasteiger partial charge in [-0.25, -0.2) is 0 Å². The predicted molar refractivity (Wildman–Crippen MR) is 68.1 cm³/mol. The maximum Gasteiger partial charge on any atom is 0.0457 e. The molecule has 2 aromatic rings. The van der Waals surface area contributed by atoms with Gasteiger partial charge in [0.1, 0.15) is 0 Å². The van der Waals surface area contributed by atoms with Gasteiger partial charge in [-0.05, 0) is 37.7 Å². The minimum Gasteiger partial charge on any atom is -0.357 e. The Labute approximate surface area is 98.2 Å². The second-order valence-corrected chi connectivity index (χ2v) is 4.65. The highest BCUT2D eigenvalue weighted by Crippen LogP contribution is 2.23. The van der Waals surface area contributed by atoms with Crippen molar-refractivity contribution in [2.24, 2.45) is 0 Å². The molecule has 1 heterocycles. The fourth-order valence-corrected chi connectivity index (χ4v) is 2.15. The van der Waals surface area contributed by atoms with Crippen molar-refractivity contribution < 1.29 is 0 Å². The zero-order chi connectivity index (χ0) is 10.8. The molecule has 2 rings (SSSR count). The Morgan fingerprint density at radius 2 is 2.20 bits per heavy atom. The lowest BCUT2D eigenvalue weighted by Crippen LogP contribution is -2.17. The number of aromatic nitrogens is 1. The summed E-state index contributed by atoms with van der Waals surface area (Å²) >= 11 is 3.48. The third-order valence-corrected chi connectivity index (χ3v) is 3.07. The third kappa shape index (κ3) is 2.24. The molecule has 0 saturated carbocycles. The molecule has 0 amide bonds. The first-order valence-electron chi connectivity index (χ1n) is 5.22. The maximum absolute atomic E-state index is 3.48. The van der Waals surface area contributed by atoms with Crippen LogP contribution in [0.15, 0.2) is 28.7 Å². The van der Waals surface area contributed by atoms with Crippen molar-refractivity contribution in [3.05, 3.63) is 34.4 Å². The molecule has 0 aliphatic heterocycles. The van der Waals surface area contributed by atoms with Gasteiger partial charge in [-0.1, -0.05) is 22.9 Å². The van der Waals surface area contributed by atoms with Gasteiger partial charge >= 0.3 is 0 Å². The molecule has 1 unspecified atom stereocenters. The topological polar surface area (TPSA) is 27.8 Å². The average Bonchev–Trinajstić information content (AvgIpc) is 2.60. The summed E-state index contributed by atoms with van der Waals surface area (Å²) in [5.41, 5.74) is 2.43. The Kier molecular flexibility index (Phi) is 3.12. The summed E-state index contributed by atoms with van der Waals surface area (Å²) in [5.74, 6) is 0. The first-order valence-corrected chi connectivity index (χ1v) is 6.01. The van der Waals surface area contributed by atoms with Crippen LogP contribution in [-0.4, -0.2) is 11.5 Å². The van der Waals surface area contributed by atoms with Gasteiger partial charge in [-0.15, -0.1) is 0 Å². The normalized spacial score (nSPS) is 13.3. The molecule has 1 aromatic heterocycles. The third-order valence-electron chi connectivity index (χ3n) is 2.58. The summed E-state index contributed by atoms with van der Waals surface area (Å²) in [7, 11) is 0. The summed E-state index contributed by atoms with van der Waals surface area (Å²) in [6.45, 7) is 5.28. The van der Waals surface area contributed by atoms with E-state index in [4.69, 9.17) is 0 Å². The number of rotatable bonds is 3. The number of fused-ring (bicyclic) bond motifs is 1. The van der Waals surface area contributed by atoms with E-state index in [-0.39, 0.29) is 0 Å². The van der Waals surface area contributed by atoms with E-state index in [1.54, 1.807) is 0 Å². The van der Waals surface area contributed by atoms with Crippen molar-refractivity contribution in [2.75, 3.05) is 6.54 Å². The Morgan fingerprint density at radius 1 is 1.40 bits per heavy atom. The van der Waals surface area contributed by atoms with E-state index in [2.05, 4.69) is 64.3 Å². The molecule has 0 aliphatic carbocycles. The first kappa shape index (κ1) is 10.7. The van der Waals surface area contributed by atoms with E-state index in [0.717, 1.165) is 11.0 Å². The Hall–Kier alpha value is -0.800. The number of benzene rings is 1. The van der Waals surface area contributed by atoms with Gasteiger partial charge < -0.3 is 10.3 Å². The predicted octanol–water partition coefficient (Wildman–Crippen LogP) is 3.60. The van der Waals surface area contributed by atoms with E-state index < -0.39 is 0 Å². The van der Waals surface area contributed by atoms with E-state index >= 15 is 0 Å². The van der Waals surface area contributed by atoms with Gasteiger partial charge in [0.05, 0.1) is 0 Å². The van der Waals surface area contributed by atoms with Crippen LogP contribution >= 0.6 is 15.9 Å². The van der Waals surface area contributed by atoms with Gasteiger partial charge in [-0.2, -0.15) is 0 Å². The van der Waals surface area contributed by atoms with Crippen LogP contribution in [0.3, 0.4) is 0 Å². The highest BCUT2D eigenvalue weighted by Gasteiger charge is 2.07. The van der Waals surface area contributed by atoms with Gasteiger partial charge in [0.15, 0.2) is 0 Å². The van der Waals surface area contributed by atoms with Crippen LogP contribution in [0.4, 0.5) is 0 Å². The Balaban J connectivity index is 2.38. The SMILES string of the molecule is CCNC(C)c1cc2cc(Br)ccc2[nH]1. The molecule has 0 fully saturated rings. The quantitative estimate of drug-likeness (QED) is 0.873. The molecule has 1 atom stereocenters. The minimum absolute atomic E-state index is 0.376.